The molecule has 0 aromatic heterocycles. The third-order valence-electron chi connectivity index (χ3n) is 2.20. The molecule has 0 spiro atoms. The number of azide groups is 1. The van der Waals surface area contributed by atoms with Gasteiger partial charge in [-0.05, 0) is 30.5 Å². The predicted octanol–water partition coefficient (Wildman–Crippen LogP) is 1.69. The quantitative estimate of drug-likeness (QED) is 0.295. The zero-order valence-corrected chi connectivity index (χ0v) is 7.98. The molecule has 8 nitrogen and oxygen atoms in total. The highest BCUT2D eigenvalue weighted by molar-refractivity contribution is 4.74. The molecule has 1 atom stereocenters. The largest absolute Gasteiger partial charge is 0.306 e. The molecule has 1 unspecified atom stereocenters. The molecule has 0 aliphatic carbocycles. The molecule has 0 amide bonds. The maximum absolute atomic E-state index is 8.21. The van der Waals surface area contributed by atoms with Crippen molar-refractivity contribution in [3.63, 3.8) is 0 Å². The van der Waals surface area contributed by atoms with Crippen LogP contribution in [0.3, 0.4) is 0 Å². The topological polar surface area (TPSA) is 104 Å². The predicted molar refractivity (Wildman–Crippen MR) is 50.6 cm³/mol. The summed E-state index contributed by atoms with van der Waals surface area (Å²) in [5.41, 5.74) is 16.4. The minimum Gasteiger partial charge on any atom is -0.306 e. The number of nitrogens with zero attached hydrogens (tertiary/aromatic N) is 8. The minimum atomic E-state index is 0.399. The van der Waals surface area contributed by atoms with Gasteiger partial charge in [0.1, 0.15) is 6.54 Å². The third-order valence-corrected chi connectivity index (χ3v) is 2.20. The average Bonchev–Trinajstić information content (AvgIpc) is 2.52. The van der Waals surface area contributed by atoms with Crippen molar-refractivity contribution in [2.45, 2.75) is 6.42 Å². The van der Waals surface area contributed by atoms with E-state index in [-0.39, 0.29) is 0 Å². The normalized spacial score (nSPS) is 21.1. The SMILES string of the molecule is CN1CCC(CN(N=[N+]=[N-])N=[N+]=[N-])C1. The fraction of sp³-hybridized carbons (Fsp3) is 1.00. The molecule has 76 valence electrons. The van der Waals surface area contributed by atoms with Crippen LogP contribution in [0.5, 0.6) is 0 Å². The molecule has 0 bridgehead atoms. The molecule has 1 aliphatic rings. The van der Waals surface area contributed by atoms with Crippen LogP contribution in [0.2, 0.25) is 0 Å². The molecule has 14 heavy (non-hydrogen) atoms. The van der Waals surface area contributed by atoms with Crippen molar-refractivity contribution in [3.8, 4) is 0 Å². The fourth-order valence-corrected chi connectivity index (χ4v) is 1.59. The van der Waals surface area contributed by atoms with Gasteiger partial charge < -0.3 is 4.90 Å². The van der Waals surface area contributed by atoms with E-state index in [0.29, 0.717) is 12.5 Å². The van der Waals surface area contributed by atoms with Crippen LogP contribution in [-0.4, -0.2) is 36.7 Å². The molecule has 1 aliphatic heterocycles. The summed E-state index contributed by atoms with van der Waals surface area (Å²) in [6, 6.07) is 0. The van der Waals surface area contributed by atoms with Gasteiger partial charge in [0, 0.05) is 12.5 Å². The maximum Gasteiger partial charge on any atom is 0.105 e. The monoisotopic (exact) mass is 196 g/mol. The summed E-state index contributed by atoms with van der Waals surface area (Å²) in [5, 5.41) is 7.61. The van der Waals surface area contributed by atoms with Crippen LogP contribution >= 0.6 is 0 Å². The summed E-state index contributed by atoms with van der Waals surface area (Å²) in [6.45, 7) is 2.46. The van der Waals surface area contributed by atoms with Gasteiger partial charge in [0.25, 0.3) is 0 Å². The van der Waals surface area contributed by atoms with E-state index in [1.807, 2.05) is 7.05 Å². The number of hydrogen-bond acceptors (Lipinski definition) is 3. The maximum atomic E-state index is 8.21. The lowest BCUT2D eigenvalue weighted by molar-refractivity contribution is 0.241. The lowest BCUT2D eigenvalue weighted by Gasteiger charge is -2.12. The van der Waals surface area contributed by atoms with Crippen molar-refractivity contribution in [2.24, 2.45) is 16.4 Å². The van der Waals surface area contributed by atoms with Crippen molar-refractivity contribution in [3.05, 3.63) is 20.9 Å². The van der Waals surface area contributed by atoms with Gasteiger partial charge in [-0.2, -0.15) is 14.9 Å². The molecule has 0 N–H and O–H groups in total. The molecule has 1 heterocycles. The first-order valence-corrected chi connectivity index (χ1v) is 4.32. The van der Waals surface area contributed by atoms with E-state index in [9.17, 15) is 0 Å². The summed E-state index contributed by atoms with van der Waals surface area (Å²) in [4.78, 5) is 7.37. The molecule has 8 heteroatoms. The van der Waals surface area contributed by atoms with Crippen LogP contribution in [0, 0.1) is 5.92 Å². The summed E-state index contributed by atoms with van der Waals surface area (Å²) in [7, 11) is 2.03. The highest BCUT2D eigenvalue weighted by atomic mass is 15.7. The summed E-state index contributed by atoms with van der Waals surface area (Å²) in [5.74, 6) is 0.399. The Morgan fingerprint density at radius 2 is 2.07 bits per heavy atom. The van der Waals surface area contributed by atoms with Gasteiger partial charge in [-0.25, -0.2) is 0 Å². The third kappa shape index (κ3) is 3.02. The molecular formula is C6H12N8. The zero-order valence-electron chi connectivity index (χ0n) is 7.98. The Morgan fingerprint density at radius 3 is 2.50 bits per heavy atom. The van der Waals surface area contributed by atoms with E-state index < -0.39 is 0 Å². The first-order chi connectivity index (χ1) is 6.76. The van der Waals surface area contributed by atoms with Crippen LogP contribution < -0.4 is 0 Å². The lowest BCUT2D eigenvalue weighted by atomic mass is 10.1. The van der Waals surface area contributed by atoms with E-state index >= 15 is 0 Å². The first kappa shape index (κ1) is 10.5. The molecule has 0 aromatic carbocycles. The van der Waals surface area contributed by atoms with Crippen molar-refractivity contribution in [1.82, 2.24) is 10.0 Å². The second-order valence-corrected chi connectivity index (χ2v) is 3.33. The molecule has 1 fully saturated rings. The number of hydrogen-bond donors (Lipinski definition) is 0. The second-order valence-electron chi connectivity index (χ2n) is 3.33. The fourth-order valence-electron chi connectivity index (χ4n) is 1.59. The highest BCUT2D eigenvalue weighted by Crippen LogP contribution is 2.16. The minimum absolute atomic E-state index is 0.399. The Morgan fingerprint density at radius 1 is 1.43 bits per heavy atom. The van der Waals surface area contributed by atoms with E-state index in [0.717, 1.165) is 24.6 Å². The van der Waals surface area contributed by atoms with E-state index in [1.165, 1.54) is 0 Å². The van der Waals surface area contributed by atoms with Crippen LogP contribution in [0.1, 0.15) is 6.42 Å². The number of likely N-dealkylation sites (tertiary alicyclic amines) is 1. The summed E-state index contributed by atoms with van der Waals surface area (Å²) >= 11 is 0. The summed E-state index contributed by atoms with van der Waals surface area (Å²) < 4.78 is 0. The smallest absolute Gasteiger partial charge is 0.105 e. The van der Waals surface area contributed by atoms with Gasteiger partial charge in [-0.3, -0.25) is 0 Å². The average molecular weight is 196 g/mol. The molecule has 1 saturated heterocycles. The molecule has 0 aromatic rings. The van der Waals surface area contributed by atoms with Gasteiger partial charge in [0.2, 0.25) is 0 Å². The van der Waals surface area contributed by atoms with Crippen molar-refractivity contribution in [2.75, 3.05) is 26.7 Å². The Hall–Kier alpha value is -1.62. The molecule has 1 rings (SSSR count). The Labute approximate surface area is 81.3 Å². The van der Waals surface area contributed by atoms with E-state index in [4.69, 9.17) is 11.1 Å². The van der Waals surface area contributed by atoms with Crippen LogP contribution in [0.25, 0.3) is 20.9 Å². The Balaban J connectivity index is 2.47. The van der Waals surface area contributed by atoms with Crippen molar-refractivity contribution in [1.29, 1.82) is 0 Å². The van der Waals surface area contributed by atoms with Crippen molar-refractivity contribution < 1.29 is 0 Å². The van der Waals surface area contributed by atoms with Crippen LogP contribution in [-0.2, 0) is 0 Å². The molecule has 0 radical (unpaired) electrons. The van der Waals surface area contributed by atoms with Crippen molar-refractivity contribution >= 4 is 0 Å². The van der Waals surface area contributed by atoms with E-state index in [1.54, 1.807) is 0 Å². The standard InChI is InChI=1S/C6H12N8/c1-13-3-2-6(4-13)5-14(11-9-7)12-10-8/h6H,2-5H2,1H3. The van der Waals surface area contributed by atoms with Gasteiger partial charge in [-0.1, -0.05) is 0 Å². The van der Waals surface area contributed by atoms with Crippen LogP contribution in [0.4, 0.5) is 0 Å². The van der Waals surface area contributed by atoms with Gasteiger partial charge >= 0.3 is 0 Å². The zero-order chi connectivity index (χ0) is 10.4. The highest BCUT2D eigenvalue weighted by Gasteiger charge is 2.22. The number of rotatable bonds is 4. The van der Waals surface area contributed by atoms with Gasteiger partial charge in [0.05, 0.1) is 0 Å². The second kappa shape index (κ2) is 5.18. The molecular weight excluding hydrogens is 184 g/mol. The Kier molecular flexibility index (Phi) is 3.87. The Bertz CT molecular complexity index is 258. The van der Waals surface area contributed by atoms with Gasteiger partial charge in [-0.15, -0.1) is 11.1 Å². The van der Waals surface area contributed by atoms with E-state index in [2.05, 4.69) is 25.2 Å². The van der Waals surface area contributed by atoms with Crippen LogP contribution in [0.15, 0.2) is 10.4 Å². The summed E-state index contributed by atoms with van der Waals surface area (Å²) in [6.07, 6.45) is 1.04. The van der Waals surface area contributed by atoms with Gasteiger partial charge in [0.15, 0.2) is 0 Å². The first-order valence-electron chi connectivity index (χ1n) is 4.32. The lowest BCUT2D eigenvalue weighted by Crippen LogP contribution is -2.22. The molecule has 0 saturated carbocycles.